The minimum absolute atomic E-state index is 0.747. The highest BCUT2D eigenvalue weighted by Gasteiger charge is 2.03. The van der Waals surface area contributed by atoms with Crippen LogP contribution in [0.5, 0.6) is 5.75 Å². The molecule has 3 nitrogen and oxygen atoms in total. The Balaban J connectivity index is 1.61. The van der Waals surface area contributed by atoms with Gasteiger partial charge in [0.05, 0.1) is 6.61 Å². The van der Waals surface area contributed by atoms with Crippen molar-refractivity contribution in [1.29, 1.82) is 0 Å². The van der Waals surface area contributed by atoms with E-state index < -0.39 is 0 Å². The van der Waals surface area contributed by atoms with Gasteiger partial charge in [-0.05, 0) is 61.9 Å². The maximum atomic E-state index is 5.79. The Kier molecular flexibility index (Phi) is 13.4. The van der Waals surface area contributed by atoms with E-state index in [1.54, 1.807) is 0 Å². The van der Waals surface area contributed by atoms with Crippen molar-refractivity contribution in [1.82, 2.24) is 9.97 Å². The van der Waals surface area contributed by atoms with Crippen molar-refractivity contribution in [2.45, 2.75) is 96.8 Å². The van der Waals surface area contributed by atoms with E-state index in [1.807, 2.05) is 42.7 Å². The summed E-state index contributed by atoms with van der Waals surface area (Å²) >= 11 is 0. The molecule has 1 aromatic heterocycles. The number of hydrogen-bond donors (Lipinski definition) is 0. The zero-order valence-corrected chi connectivity index (χ0v) is 19.7. The number of aryl methyl sites for hydroxylation is 1. The Morgan fingerprint density at radius 3 is 2.00 bits per heavy atom. The summed E-state index contributed by atoms with van der Waals surface area (Å²) in [5, 5.41) is 0. The number of allylic oxidation sites excluding steroid dienone is 1. The molecule has 170 valence electrons. The SMILES string of the molecule is C=CCCCCOc1ccc(-c2ncc(CCCCCCCCCCCC)cn2)cc1. The van der Waals surface area contributed by atoms with Crippen LogP contribution in [0.4, 0.5) is 0 Å². The largest absolute Gasteiger partial charge is 0.494 e. The van der Waals surface area contributed by atoms with E-state index in [4.69, 9.17) is 4.74 Å². The number of ether oxygens (including phenoxy) is 1. The third-order valence-electron chi connectivity index (χ3n) is 5.71. The maximum absolute atomic E-state index is 5.79. The Hall–Kier alpha value is -2.16. The first-order chi connectivity index (χ1) is 15.3. The number of nitrogens with zero attached hydrogens (tertiary/aromatic N) is 2. The van der Waals surface area contributed by atoms with Gasteiger partial charge in [-0.15, -0.1) is 6.58 Å². The molecule has 0 aliphatic carbocycles. The molecular formula is C28H42N2O. The molecule has 3 heteroatoms. The van der Waals surface area contributed by atoms with Crippen LogP contribution in [-0.4, -0.2) is 16.6 Å². The van der Waals surface area contributed by atoms with Crippen LogP contribution in [0, 0.1) is 0 Å². The summed E-state index contributed by atoms with van der Waals surface area (Å²) in [5.41, 5.74) is 2.27. The first kappa shape index (κ1) is 25.1. The van der Waals surface area contributed by atoms with Crippen LogP contribution in [0.25, 0.3) is 11.4 Å². The van der Waals surface area contributed by atoms with E-state index >= 15 is 0 Å². The van der Waals surface area contributed by atoms with Gasteiger partial charge in [-0.25, -0.2) is 9.97 Å². The topological polar surface area (TPSA) is 35.0 Å². The lowest BCUT2D eigenvalue weighted by atomic mass is 10.0. The van der Waals surface area contributed by atoms with E-state index in [0.29, 0.717) is 0 Å². The van der Waals surface area contributed by atoms with Crippen LogP contribution in [0.3, 0.4) is 0 Å². The highest BCUT2D eigenvalue weighted by Crippen LogP contribution is 2.20. The first-order valence-corrected chi connectivity index (χ1v) is 12.5. The molecule has 0 spiro atoms. The van der Waals surface area contributed by atoms with Gasteiger partial charge in [0.25, 0.3) is 0 Å². The van der Waals surface area contributed by atoms with E-state index in [1.165, 1.54) is 69.8 Å². The van der Waals surface area contributed by atoms with Gasteiger partial charge in [0, 0.05) is 18.0 Å². The molecule has 0 saturated heterocycles. The van der Waals surface area contributed by atoms with Gasteiger partial charge in [-0.3, -0.25) is 0 Å². The molecule has 1 aromatic carbocycles. The minimum atomic E-state index is 0.747. The van der Waals surface area contributed by atoms with E-state index in [9.17, 15) is 0 Å². The Labute approximate surface area is 190 Å². The van der Waals surface area contributed by atoms with Crippen molar-refractivity contribution < 1.29 is 4.74 Å². The van der Waals surface area contributed by atoms with Crippen LogP contribution in [0.1, 0.15) is 96.0 Å². The molecule has 0 saturated carbocycles. The Morgan fingerprint density at radius 2 is 1.39 bits per heavy atom. The fraction of sp³-hybridized carbons (Fsp3) is 0.571. The zero-order chi connectivity index (χ0) is 22.0. The number of rotatable bonds is 18. The van der Waals surface area contributed by atoms with Gasteiger partial charge in [0.1, 0.15) is 5.75 Å². The van der Waals surface area contributed by atoms with Crippen molar-refractivity contribution in [2.24, 2.45) is 0 Å². The molecule has 0 radical (unpaired) electrons. The molecule has 2 aromatic rings. The van der Waals surface area contributed by atoms with E-state index in [2.05, 4.69) is 23.5 Å². The molecule has 0 amide bonds. The van der Waals surface area contributed by atoms with Crippen LogP contribution in [0.2, 0.25) is 0 Å². The fourth-order valence-corrected chi connectivity index (χ4v) is 3.73. The zero-order valence-electron chi connectivity index (χ0n) is 19.7. The van der Waals surface area contributed by atoms with Crippen molar-refractivity contribution in [3.05, 3.63) is 54.9 Å². The maximum Gasteiger partial charge on any atom is 0.159 e. The standard InChI is InChI=1S/C28H42N2O/c1-3-5-7-9-10-11-12-13-14-15-17-25-23-29-28(30-24-25)26-18-20-27(21-19-26)31-22-16-8-6-4-2/h4,18-21,23-24H,2-3,5-17,22H2,1H3. The van der Waals surface area contributed by atoms with Gasteiger partial charge in [0.2, 0.25) is 0 Å². The minimum Gasteiger partial charge on any atom is -0.494 e. The second-order valence-electron chi connectivity index (χ2n) is 8.50. The fourth-order valence-electron chi connectivity index (χ4n) is 3.73. The Morgan fingerprint density at radius 1 is 0.774 bits per heavy atom. The third kappa shape index (κ3) is 11.1. The van der Waals surface area contributed by atoms with Crippen LogP contribution in [-0.2, 0) is 6.42 Å². The summed E-state index contributed by atoms with van der Waals surface area (Å²) in [6, 6.07) is 8.08. The first-order valence-electron chi connectivity index (χ1n) is 12.5. The van der Waals surface area contributed by atoms with Gasteiger partial charge in [0.15, 0.2) is 5.82 Å². The van der Waals surface area contributed by atoms with Gasteiger partial charge in [-0.1, -0.05) is 70.8 Å². The van der Waals surface area contributed by atoms with Gasteiger partial charge < -0.3 is 4.74 Å². The monoisotopic (exact) mass is 422 g/mol. The summed E-state index contributed by atoms with van der Waals surface area (Å²) in [4.78, 5) is 9.15. The number of hydrogen-bond acceptors (Lipinski definition) is 3. The number of aromatic nitrogens is 2. The normalized spacial score (nSPS) is 10.9. The highest BCUT2D eigenvalue weighted by molar-refractivity contribution is 5.55. The summed E-state index contributed by atoms with van der Waals surface area (Å²) in [6.45, 7) is 6.77. The molecule has 0 N–H and O–H groups in total. The molecule has 0 aliphatic heterocycles. The number of unbranched alkanes of at least 4 members (excludes halogenated alkanes) is 11. The van der Waals surface area contributed by atoms with Gasteiger partial charge >= 0.3 is 0 Å². The highest BCUT2D eigenvalue weighted by atomic mass is 16.5. The van der Waals surface area contributed by atoms with Crippen molar-refractivity contribution in [2.75, 3.05) is 6.61 Å². The second-order valence-corrected chi connectivity index (χ2v) is 8.50. The van der Waals surface area contributed by atoms with Gasteiger partial charge in [-0.2, -0.15) is 0 Å². The molecule has 1 heterocycles. The average Bonchev–Trinajstić information content (AvgIpc) is 2.81. The molecule has 0 atom stereocenters. The molecular weight excluding hydrogens is 380 g/mol. The summed E-state index contributed by atoms with van der Waals surface area (Å²) in [5.74, 6) is 1.68. The smallest absolute Gasteiger partial charge is 0.159 e. The molecule has 0 aliphatic rings. The van der Waals surface area contributed by atoms with Crippen LogP contribution >= 0.6 is 0 Å². The predicted octanol–water partition coefficient (Wildman–Crippen LogP) is 8.34. The summed E-state index contributed by atoms with van der Waals surface area (Å²) in [6.07, 6.45) is 23.9. The van der Waals surface area contributed by atoms with Crippen molar-refractivity contribution >= 4 is 0 Å². The molecule has 31 heavy (non-hydrogen) atoms. The van der Waals surface area contributed by atoms with Crippen molar-refractivity contribution in [3.63, 3.8) is 0 Å². The van der Waals surface area contributed by atoms with E-state index in [-0.39, 0.29) is 0 Å². The average molecular weight is 423 g/mol. The molecule has 0 bridgehead atoms. The molecule has 0 unspecified atom stereocenters. The van der Waals surface area contributed by atoms with Crippen molar-refractivity contribution in [3.8, 4) is 17.1 Å². The van der Waals surface area contributed by atoms with Crippen LogP contribution < -0.4 is 4.74 Å². The summed E-state index contributed by atoms with van der Waals surface area (Å²) in [7, 11) is 0. The predicted molar refractivity (Wildman–Crippen MR) is 133 cm³/mol. The second kappa shape index (κ2) is 16.5. The Bertz CT molecular complexity index is 694. The lowest BCUT2D eigenvalue weighted by molar-refractivity contribution is 0.307. The summed E-state index contributed by atoms with van der Waals surface area (Å²) < 4.78 is 5.79. The molecule has 2 rings (SSSR count). The number of benzene rings is 1. The lowest BCUT2D eigenvalue weighted by Crippen LogP contribution is -1.97. The quantitative estimate of drug-likeness (QED) is 0.179. The molecule has 0 fully saturated rings. The van der Waals surface area contributed by atoms with Crippen LogP contribution in [0.15, 0.2) is 49.3 Å². The van der Waals surface area contributed by atoms with E-state index in [0.717, 1.165) is 49.4 Å². The third-order valence-corrected chi connectivity index (χ3v) is 5.71. The lowest BCUT2D eigenvalue weighted by Gasteiger charge is -2.07.